The van der Waals surface area contributed by atoms with Crippen LogP contribution < -0.4 is 14.4 Å². The van der Waals surface area contributed by atoms with E-state index in [1.54, 1.807) is 0 Å². The van der Waals surface area contributed by atoms with Gasteiger partial charge in [0.2, 0.25) is 0 Å². The van der Waals surface area contributed by atoms with Gasteiger partial charge in [0.25, 0.3) is 15.9 Å². The van der Waals surface area contributed by atoms with Crippen LogP contribution in [0.15, 0.2) is 71.6 Å². The molecular formula is C23H19F3N2O6S. The van der Waals surface area contributed by atoms with Crippen molar-refractivity contribution >= 4 is 33.3 Å². The second-order valence-corrected chi connectivity index (χ2v) is 9.02. The molecule has 0 aliphatic rings. The summed E-state index contributed by atoms with van der Waals surface area (Å²) in [6.07, 6.45) is 0. The van der Waals surface area contributed by atoms with Crippen LogP contribution in [0.1, 0.15) is 0 Å². The number of ether oxygens (including phenoxy) is 2. The number of amides is 1. The van der Waals surface area contributed by atoms with Crippen molar-refractivity contribution in [3.63, 3.8) is 0 Å². The largest absolute Gasteiger partial charge is 0.482 e. The summed E-state index contributed by atoms with van der Waals surface area (Å²) in [5.41, 5.74) is 0.283. The minimum atomic E-state index is -3.92. The Bertz CT molecular complexity index is 1320. The number of benzene rings is 3. The molecule has 12 heteroatoms. The van der Waals surface area contributed by atoms with Crippen LogP contribution in [-0.4, -0.2) is 40.6 Å². The molecule has 0 fully saturated rings. The Morgan fingerprint density at radius 1 is 0.886 bits per heavy atom. The third-order valence-corrected chi connectivity index (χ3v) is 6.40. The molecule has 0 aliphatic carbocycles. The summed E-state index contributed by atoms with van der Waals surface area (Å²) in [5.74, 6) is -4.18. The summed E-state index contributed by atoms with van der Waals surface area (Å²) in [6, 6.07) is 12.9. The lowest BCUT2D eigenvalue weighted by Crippen LogP contribution is -2.26. The van der Waals surface area contributed by atoms with Gasteiger partial charge in [0.1, 0.15) is 11.6 Å². The lowest BCUT2D eigenvalue weighted by atomic mass is 10.3. The molecule has 35 heavy (non-hydrogen) atoms. The number of esters is 1. The van der Waals surface area contributed by atoms with Crippen LogP contribution in [0.3, 0.4) is 0 Å². The normalized spacial score (nSPS) is 11.0. The van der Waals surface area contributed by atoms with Gasteiger partial charge in [-0.05, 0) is 60.7 Å². The molecule has 1 amide bonds. The maximum atomic E-state index is 13.2. The summed E-state index contributed by atoms with van der Waals surface area (Å²) >= 11 is 0. The highest BCUT2D eigenvalue weighted by molar-refractivity contribution is 7.92. The van der Waals surface area contributed by atoms with Gasteiger partial charge < -0.3 is 14.8 Å². The highest BCUT2D eigenvalue weighted by atomic mass is 32.2. The molecule has 0 spiro atoms. The van der Waals surface area contributed by atoms with Crippen molar-refractivity contribution in [2.75, 3.05) is 29.9 Å². The van der Waals surface area contributed by atoms with Gasteiger partial charge in [0.05, 0.1) is 10.6 Å². The molecule has 184 valence electrons. The molecule has 3 aromatic carbocycles. The van der Waals surface area contributed by atoms with E-state index in [0.29, 0.717) is 0 Å². The van der Waals surface area contributed by atoms with Crippen LogP contribution in [0.25, 0.3) is 0 Å². The van der Waals surface area contributed by atoms with Crippen molar-refractivity contribution in [3.8, 4) is 5.75 Å². The van der Waals surface area contributed by atoms with Crippen molar-refractivity contribution in [2.24, 2.45) is 0 Å². The molecule has 0 radical (unpaired) electrons. The number of carbonyl (C=O) groups is 2. The minimum absolute atomic E-state index is 0.00676. The smallest absolute Gasteiger partial charge is 0.344 e. The fourth-order valence-corrected chi connectivity index (χ4v) is 3.95. The highest BCUT2D eigenvalue weighted by Gasteiger charge is 2.21. The van der Waals surface area contributed by atoms with E-state index in [2.05, 4.69) is 5.32 Å². The van der Waals surface area contributed by atoms with Gasteiger partial charge in [0.15, 0.2) is 24.8 Å². The third-order valence-electron chi connectivity index (χ3n) is 4.60. The fourth-order valence-electron chi connectivity index (χ4n) is 2.76. The first kappa shape index (κ1) is 25.6. The second-order valence-electron chi connectivity index (χ2n) is 7.05. The number of nitrogens with one attached hydrogen (secondary N) is 1. The summed E-state index contributed by atoms with van der Waals surface area (Å²) in [7, 11) is -2.58. The summed E-state index contributed by atoms with van der Waals surface area (Å²) in [5, 5.41) is 2.25. The number of rotatable bonds is 9. The molecule has 0 atom stereocenters. The number of carbonyl (C=O) groups excluding carboxylic acids is 2. The quantitative estimate of drug-likeness (QED) is 0.444. The zero-order chi connectivity index (χ0) is 25.6. The number of anilines is 2. The van der Waals surface area contributed by atoms with Crippen LogP contribution in [0.4, 0.5) is 24.5 Å². The standard InChI is InChI=1S/C23H19F3N2O6S/c1-28(35(31,32)19-9-2-15(24)3-10-19)17-5-7-18(8-6-17)33-14-23(30)34-13-22(29)27-16-4-11-20(25)21(26)12-16/h2-12H,13-14H2,1H3,(H,27,29). The molecule has 0 aliphatic heterocycles. The number of hydrogen-bond donors (Lipinski definition) is 1. The predicted octanol–water partition coefficient (Wildman–Crippen LogP) is 3.49. The Morgan fingerprint density at radius 2 is 1.54 bits per heavy atom. The molecule has 8 nitrogen and oxygen atoms in total. The molecule has 0 saturated heterocycles. The first-order valence-corrected chi connectivity index (χ1v) is 11.4. The molecule has 0 unspecified atom stereocenters. The number of nitrogens with zero attached hydrogens (tertiary/aromatic N) is 1. The van der Waals surface area contributed by atoms with E-state index in [9.17, 15) is 31.2 Å². The average molecular weight is 508 g/mol. The van der Waals surface area contributed by atoms with E-state index in [1.165, 1.54) is 31.3 Å². The van der Waals surface area contributed by atoms with Crippen LogP contribution in [0, 0.1) is 17.5 Å². The topological polar surface area (TPSA) is 102 Å². The molecular weight excluding hydrogens is 489 g/mol. The number of halogens is 3. The maximum Gasteiger partial charge on any atom is 0.344 e. The van der Waals surface area contributed by atoms with Gasteiger partial charge in [0, 0.05) is 18.8 Å². The van der Waals surface area contributed by atoms with Crippen LogP contribution in [0.2, 0.25) is 0 Å². The lowest BCUT2D eigenvalue weighted by molar-refractivity contribution is -0.149. The van der Waals surface area contributed by atoms with Crippen molar-refractivity contribution in [3.05, 3.63) is 84.2 Å². The Labute approximate surface area is 198 Å². The van der Waals surface area contributed by atoms with E-state index in [-0.39, 0.29) is 22.0 Å². The van der Waals surface area contributed by atoms with E-state index in [1.807, 2.05) is 0 Å². The molecule has 0 heterocycles. The zero-order valence-electron chi connectivity index (χ0n) is 18.2. The predicted molar refractivity (Wildman–Crippen MR) is 120 cm³/mol. The molecule has 0 bridgehead atoms. The summed E-state index contributed by atoms with van der Waals surface area (Å²) < 4.78 is 75.5. The van der Waals surface area contributed by atoms with Gasteiger partial charge in [-0.15, -0.1) is 0 Å². The SMILES string of the molecule is CN(c1ccc(OCC(=O)OCC(=O)Nc2ccc(F)c(F)c2)cc1)S(=O)(=O)c1ccc(F)cc1. The summed E-state index contributed by atoms with van der Waals surface area (Å²) in [4.78, 5) is 23.5. The van der Waals surface area contributed by atoms with Gasteiger partial charge in [-0.25, -0.2) is 26.4 Å². The second kappa shape index (κ2) is 10.9. The Morgan fingerprint density at radius 3 is 2.17 bits per heavy atom. The van der Waals surface area contributed by atoms with E-state index in [4.69, 9.17) is 9.47 Å². The Hall–Kier alpha value is -4.06. The molecule has 3 rings (SSSR count). The van der Waals surface area contributed by atoms with Gasteiger partial charge in [-0.2, -0.15) is 0 Å². The van der Waals surface area contributed by atoms with Crippen LogP contribution in [0.5, 0.6) is 5.75 Å². The van der Waals surface area contributed by atoms with Crippen molar-refractivity contribution < 1.29 is 40.7 Å². The first-order chi connectivity index (χ1) is 16.6. The monoisotopic (exact) mass is 508 g/mol. The molecule has 0 aromatic heterocycles. The Balaban J connectivity index is 1.48. The van der Waals surface area contributed by atoms with Crippen molar-refractivity contribution in [2.45, 2.75) is 4.90 Å². The van der Waals surface area contributed by atoms with E-state index >= 15 is 0 Å². The maximum absolute atomic E-state index is 13.2. The Kier molecular flexibility index (Phi) is 7.97. The minimum Gasteiger partial charge on any atom is -0.482 e. The highest BCUT2D eigenvalue weighted by Crippen LogP contribution is 2.24. The lowest BCUT2D eigenvalue weighted by Gasteiger charge is -2.19. The number of hydrogen-bond acceptors (Lipinski definition) is 6. The van der Waals surface area contributed by atoms with E-state index < -0.39 is 52.6 Å². The van der Waals surface area contributed by atoms with E-state index in [0.717, 1.165) is 46.8 Å². The van der Waals surface area contributed by atoms with Crippen LogP contribution >= 0.6 is 0 Å². The average Bonchev–Trinajstić information content (AvgIpc) is 2.84. The molecule has 3 aromatic rings. The van der Waals surface area contributed by atoms with Crippen molar-refractivity contribution in [1.29, 1.82) is 0 Å². The third kappa shape index (κ3) is 6.73. The van der Waals surface area contributed by atoms with Gasteiger partial charge >= 0.3 is 5.97 Å². The molecule has 0 saturated carbocycles. The van der Waals surface area contributed by atoms with Crippen LogP contribution in [-0.2, 0) is 24.3 Å². The summed E-state index contributed by atoms with van der Waals surface area (Å²) in [6.45, 7) is -1.21. The van der Waals surface area contributed by atoms with Gasteiger partial charge in [-0.1, -0.05) is 0 Å². The number of sulfonamides is 1. The fraction of sp³-hybridized carbons (Fsp3) is 0.130. The zero-order valence-corrected chi connectivity index (χ0v) is 19.0. The van der Waals surface area contributed by atoms with Crippen molar-refractivity contribution in [1.82, 2.24) is 0 Å². The first-order valence-electron chi connectivity index (χ1n) is 9.94. The molecule has 1 N–H and O–H groups in total. The van der Waals surface area contributed by atoms with Gasteiger partial charge in [-0.3, -0.25) is 9.10 Å².